The molecular formula is C15H18F2N2O2. The molecule has 0 aromatic heterocycles. The Labute approximate surface area is 122 Å². The summed E-state index contributed by atoms with van der Waals surface area (Å²) in [5, 5.41) is 2.54. The third-order valence-electron chi connectivity index (χ3n) is 3.64. The molecule has 1 unspecified atom stereocenters. The Bertz CT molecular complexity index is 558. The zero-order valence-corrected chi connectivity index (χ0v) is 12.2. The first-order valence-corrected chi connectivity index (χ1v) is 6.71. The topological polar surface area (TPSA) is 49.4 Å². The minimum absolute atomic E-state index is 0.172. The van der Waals surface area contributed by atoms with Crippen LogP contribution in [0.1, 0.15) is 26.3 Å². The van der Waals surface area contributed by atoms with E-state index in [0.717, 1.165) is 4.90 Å². The quantitative estimate of drug-likeness (QED) is 0.926. The number of amides is 2. The van der Waals surface area contributed by atoms with E-state index in [1.165, 1.54) is 45.0 Å². The molecule has 0 saturated carbocycles. The number of benzene rings is 1. The van der Waals surface area contributed by atoms with E-state index in [1.54, 1.807) is 6.07 Å². The molecule has 1 N–H and O–H groups in total. The second kappa shape index (κ2) is 5.09. The van der Waals surface area contributed by atoms with Crippen LogP contribution in [-0.4, -0.2) is 34.8 Å². The van der Waals surface area contributed by atoms with Gasteiger partial charge in [0.05, 0.1) is 6.54 Å². The van der Waals surface area contributed by atoms with Crippen molar-refractivity contribution in [1.29, 1.82) is 0 Å². The average molecular weight is 296 g/mol. The monoisotopic (exact) mass is 296 g/mol. The van der Waals surface area contributed by atoms with Crippen molar-refractivity contribution in [1.82, 2.24) is 10.2 Å². The van der Waals surface area contributed by atoms with E-state index in [2.05, 4.69) is 5.32 Å². The summed E-state index contributed by atoms with van der Waals surface area (Å²) in [5.41, 5.74) is -1.34. The van der Waals surface area contributed by atoms with E-state index >= 15 is 0 Å². The Hall–Kier alpha value is -1.98. The zero-order valence-electron chi connectivity index (χ0n) is 12.2. The van der Waals surface area contributed by atoms with E-state index in [4.69, 9.17) is 0 Å². The van der Waals surface area contributed by atoms with Crippen molar-refractivity contribution in [3.8, 4) is 0 Å². The fraction of sp³-hybridized carbons (Fsp3) is 0.467. The van der Waals surface area contributed by atoms with E-state index in [-0.39, 0.29) is 5.56 Å². The van der Waals surface area contributed by atoms with Crippen LogP contribution in [0, 0.1) is 0 Å². The van der Waals surface area contributed by atoms with E-state index in [1.807, 2.05) is 0 Å². The van der Waals surface area contributed by atoms with Gasteiger partial charge < -0.3 is 10.2 Å². The van der Waals surface area contributed by atoms with Gasteiger partial charge >= 0.3 is 0 Å². The van der Waals surface area contributed by atoms with Crippen LogP contribution in [0.15, 0.2) is 30.3 Å². The van der Waals surface area contributed by atoms with Crippen LogP contribution in [0.3, 0.4) is 0 Å². The first-order chi connectivity index (χ1) is 9.65. The highest BCUT2D eigenvalue weighted by Gasteiger charge is 2.47. The fourth-order valence-corrected chi connectivity index (χ4v) is 2.34. The molecule has 1 aliphatic rings. The van der Waals surface area contributed by atoms with Gasteiger partial charge in [-0.15, -0.1) is 0 Å². The molecule has 0 radical (unpaired) electrons. The second-order valence-electron chi connectivity index (χ2n) is 5.79. The number of nitrogens with zero attached hydrogens (tertiary/aromatic N) is 1. The van der Waals surface area contributed by atoms with Gasteiger partial charge in [0.15, 0.2) is 0 Å². The number of carbonyl (C=O) groups is 2. The first-order valence-electron chi connectivity index (χ1n) is 6.71. The Morgan fingerprint density at radius 3 is 2.38 bits per heavy atom. The van der Waals surface area contributed by atoms with Gasteiger partial charge in [-0.25, -0.2) is 0 Å². The molecule has 114 valence electrons. The molecule has 2 amide bonds. The summed E-state index contributed by atoms with van der Waals surface area (Å²) in [6.45, 7) is 3.65. The minimum atomic E-state index is -3.21. The lowest BCUT2D eigenvalue weighted by Gasteiger charge is -2.42. The number of carbonyl (C=O) groups excluding carboxylic acids is 2. The molecule has 21 heavy (non-hydrogen) atoms. The van der Waals surface area contributed by atoms with Crippen molar-refractivity contribution in [2.45, 2.75) is 38.3 Å². The molecule has 2 rings (SSSR count). The lowest BCUT2D eigenvalue weighted by Crippen LogP contribution is -2.68. The molecule has 1 fully saturated rings. The van der Waals surface area contributed by atoms with Crippen LogP contribution in [0.2, 0.25) is 0 Å². The van der Waals surface area contributed by atoms with Crippen LogP contribution in [0.5, 0.6) is 0 Å². The first kappa shape index (κ1) is 15.4. The van der Waals surface area contributed by atoms with Gasteiger partial charge in [-0.1, -0.05) is 30.3 Å². The largest absolute Gasteiger partial charge is 0.340 e. The van der Waals surface area contributed by atoms with Crippen molar-refractivity contribution in [2.75, 3.05) is 6.54 Å². The average Bonchev–Trinajstić information content (AvgIpc) is 2.42. The highest BCUT2D eigenvalue weighted by Crippen LogP contribution is 2.31. The fourth-order valence-electron chi connectivity index (χ4n) is 2.34. The SMILES string of the molecule is CC1C(=O)NC(C)(C)C(=O)N1CC(F)(F)c1ccccc1. The third-order valence-corrected chi connectivity index (χ3v) is 3.64. The van der Waals surface area contributed by atoms with Gasteiger partial charge in [0.2, 0.25) is 11.8 Å². The van der Waals surface area contributed by atoms with E-state index in [9.17, 15) is 18.4 Å². The van der Waals surface area contributed by atoms with Crippen LogP contribution in [-0.2, 0) is 15.5 Å². The minimum Gasteiger partial charge on any atom is -0.340 e. The predicted molar refractivity (Wildman–Crippen MR) is 73.7 cm³/mol. The molecule has 1 aliphatic heterocycles. The lowest BCUT2D eigenvalue weighted by molar-refractivity contribution is -0.159. The second-order valence-corrected chi connectivity index (χ2v) is 5.79. The predicted octanol–water partition coefficient (Wildman–Crippen LogP) is 1.90. The Morgan fingerprint density at radius 1 is 1.24 bits per heavy atom. The van der Waals surface area contributed by atoms with Gasteiger partial charge in [0.25, 0.3) is 5.92 Å². The van der Waals surface area contributed by atoms with Gasteiger partial charge in [-0.2, -0.15) is 8.78 Å². The maximum atomic E-state index is 14.3. The molecule has 1 aromatic carbocycles. The van der Waals surface area contributed by atoms with Crippen molar-refractivity contribution in [3.05, 3.63) is 35.9 Å². The smallest absolute Gasteiger partial charge is 0.290 e. The summed E-state index contributed by atoms with van der Waals surface area (Å²) in [4.78, 5) is 25.1. The summed E-state index contributed by atoms with van der Waals surface area (Å²) >= 11 is 0. The number of hydrogen-bond acceptors (Lipinski definition) is 2. The van der Waals surface area contributed by atoms with Crippen LogP contribution in [0.25, 0.3) is 0 Å². The summed E-state index contributed by atoms with van der Waals surface area (Å²) in [6, 6.07) is 6.38. The van der Waals surface area contributed by atoms with Gasteiger partial charge in [0.1, 0.15) is 11.6 Å². The van der Waals surface area contributed by atoms with Crippen LogP contribution in [0.4, 0.5) is 8.78 Å². The maximum Gasteiger partial charge on any atom is 0.290 e. The number of nitrogens with one attached hydrogen (secondary N) is 1. The molecule has 4 nitrogen and oxygen atoms in total. The molecule has 0 aliphatic carbocycles. The third kappa shape index (κ3) is 2.89. The van der Waals surface area contributed by atoms with Crippen molar-refractivity contribution >= 4 is 11.8 Å². The number of alkyl halides is 2. The summed E-state index contributed by atoms with van der Waals surface area (Å²) in [5.74, 6) is -4.15. The highest BCUT2D eigenvalue weighted by atomic mass is 19.3. The Kier molecular flexibility index (Phi) is 3.74. The summed E-state index contributed by atoms with van der Waals surface area (Å²) in [6.07, 6.45) is 0. The Balaban J connectivity index is 2.28. The molecule has 1 aromatic rings. The van der Waals surface area contributed by atoms with Crippen molar-refractivity contribution in [3.63, 3.8) is 0 Å². The molecule has 1 saturated heterocycles. The van der Waals surface area contributed by atoms with Gasteiger partial charge in [0, 0.05) is 5.56 Å². The van der Waals surface area contributed by atoms with Crippen molar-refractivity contribution < 1.29 is 18.4 Å². The van der Waals surface area contributed by atoms with Crippen LogP contribution < -0.4 is 5.32 Å². The van der Waals surface area contributed by atoms with Gasteiger partial charge in [-0.3, -0.25) is 9.59 Å². The zero-order chi connectivity index (χ0) is 15.8. The number of rotatable bonds is 3. The standard InChI is InChI=1S/C15H18F2N2O2/c1-10-12(20)18-14(2,3)13(21)19(10)9-15(16,17)11-7-5-4-6-8-11/h4-8,10H,9H2,1-3H3,(H,18,20). The summed E-state index contributed by atoms with van der Waals surface area (Å²) in [7, 11) is 0. The number of piperazine rings is 1. The Morgan fingerprint density at radius 2 is 1.81 bits per heavy atom. The summed E-state index contributed by atoms with van der Waals surface area (Å²) < 4.78 is 28.7. The van der Waals surface area contributed by atoms with E-state index < -0.39 is 35.9 Å². The highest BCUT2D eigenvalue weighted by molar-refractivity contribution is 5.99. The molecule has 1 atom stereocenters. The van der Waals surface area contributed by atoms with Crippen LogP contribution >= 0.6 is 0 Å². The number of halogens is 2. The normalized spacial score (nSPS) is 22.1. The molecule has 0 bridgehead atoms. The van der Waals surface area contributed by atoms with Crippen molar-refractivity contribution in [2.24, 2.45) is 0 Å². The van der Waals surface area contributed by atoms with E-state index in [0.29, 0.717) is 0 Å². The molecular weight excluding hydrogens is 278 g/mol. The lowest BCUT2D eigenvalue weighted by atomic mass is 9.96. The van der Waals surface area contributed by atoms with Gasteiger partial charge in [-0.05, 0) is 20.8 Å². The molecule has 1 heterocycles. The molecule has 6 heteroatoms. The maximum absolute atomic E-state index is 14.3. The number of hydrogen-bond donors (Lipinski definition) is 1. The molecule has 0 spiro atoms.